The summed E-state index contributed by atoms with van der Waals surface area (Å²) in [5.41, 5.74) is -1.24. The highest BCUT2D eigenvalue weighted by Gasteiger charge is 2.52. The molecule has 0 saturated carbocycles. The molecule has 0 bridgehead atoms. The number of aromatic nitrogens is 2. The second-order valence-electron chi connectivity index (χ2n) is 5.34. The first-order chi connectivity index (χ1) is 11.9. The third-order valence-electron chi connectivity index (χ3n) is 3.48. The summed E-state index contributed by atoms with van der Waals surface area (Å²) >= 11 is 0. The molecule has 2 rings (SSSR count). The van der Waals surface area contributed by atoms with Gasteiger partial charge in [-0.05, 0) is 34.5 Å². The lowest BCUT2D eigenvalue weighted by Gasteiger charge is -2.32. The van der Waals surface area contributed by atoms with Crippen LogP contribution in [0.3, 0.4) is 0 Å². The molecule has 0 radical (unpaired) electrons. The fourth-order valence-corrected chi connectivity index (χ4v) is 1.61. The van der Waals surface area contributed by atoms with Crippen LogP contribution in [-0.2, 0) is 9.31 Å². The van der Waals surface area contributed by atoms with Crippen molar-refractivity contribution >= 4 is 18.5 Å². The number of hydrogen-bond donors (Lipinski definition) is 0. The fourth-order valence-electron chi connectivity index (χ4n) is 1.61. The molecule has 19 heavy (non-hydrogen) atoms. The Labute approximate surface area is 126 Å². The van der Waals surface area contributed by atoms with Crippen LogP contribution in [0.1, 0.15) is 45.5 Å². The van der Waals surface area contributed by atoms with Crippen LogP contribution in [0.5, 0.6) is 0 Å². The Morgan fingerprint density at radius 3 is 2.58 bits per heavy atom. The summed E-state index contributed by atoms with van der Waals surface area (Å²) in [5.74, 6) is -0.455. The van der Waals surface area contributed by atoms with Crippen molar-refractivity contribution in [3.63, 3.8) is 0 Å². The summed E-state index contributed by atoms with van der Waals surface area (Å²) < 4.78 is 72.4. The molecule has 0 N–H and O–H groups in total. The van der Waals surface area contributed by atoms with Gasteiger partial charge in [-0.1, -0.05) is 0 Å². The highest BCUT2D eigenvalue weighted by Crippen LogP contribution is 2.36. The van der Waals surface area contributed by atoms with Crippen LogP contribution in [0.4, 0.5) is 5.82 Å². The summed E-state index contributed by atoms with van der Waals surface area (Å²) in [4.78, 5) is 8.12. The Morgan fingerprint density at radius 2 is 2.00 bits per heavy atom. The van der Waals surface area contributed by atoms with Gasteiger partial charge in [0.15, 0.2) is 0 Å². The van der Waals surface area contributed by atoms with E-state index in [-0.39, 0.29) is 10.5 Å². The Balaban J connectivity index is 2.49. The molecule has 0 aromatic carbocycles. The largest absolute Gasteiger partial charge is 0.516 e. The van der Waals surface area contributed by atoms with Gasteiger partial charge < -0.3 is 14.2 Å². The molecule has 5 nitrogen and oxygen atoms in total. The maximum absolute atomic E-state index is 7.87. The molecule has 1 aliphatic heterocycles. The molecule has 104 valence electrons. The SMILES string of the molecule is [2H]C([2H])([2H])N(c1cncc(B2OC(C)(C)C(C)(C)O2)n1)C([2H])([2H])C([2H])([2H])[2H]. The summed E-state index contributed by atoms with van der Waals surface area (Å²) in [6.45, 7) is -2.25. The molecule has 6 heteroatoms. The molecule has 1 saturated heterocycles. The van der Waals surface area contributed by atoms with E-state index in [1.54, 1.807) is 0 Å². The minimum absolute atomic E-state index is 0.113. The standard InChI is InChI=1S/C13H22BN3O2/c1-7-17(6)11-9-15-8-10(16-11)14-18-12(2,3)13(4,5)19-14/h8-9H,7H2,1-6H3/i1D3,6D3,7D2. The van der Waals surface area contributed by atoms with E-state index in [4.69, 9.17) is 20.3 Å². The van der Waals surface area contributed by atoms with Gasteiger partial charge in [-0.25, -0.2) is 4.98 Å². The lowest BCUT2D eigenvalue weighted by molar-refractivity contribution is 0.00578. The molecular weight excluding hydrogens is 241 g/mol. The van der Waals surface area contributed by atoms with Gasteiger partial charge in [-0.3, -0.25) is 4.98 Å². The van der Waals surface area contributed by atoms with E-state index < -0.39 is 44.5 Å². The molecule has 0 unspecified atom stereocenters. The van der Waals surface area contributed by atoms with Crippen molar-refractivity contribution in [3.8, 4) is 0 Å². The van der Waals surface area contributed by atoms with Crippen LogP contribution in [0.15, 0.2) is 12.4 Å². The molecule has 1 fully saturated rings. The Morgan fingerprint density at radius 1 is 1.32 bits per heavy atom. The van der Waals surface area contributed by atoms with Crippen LogP contribution in [-0.4, -0.2) is 41.8 Å². The summed E-state index contributed by atoms with van der Waals surface area (Å²) in [6.07, 6.45) is 2.29. The van der Waals surface area contributed by atoms with Crippen LogP contribution >= 0.6 is 0 Å². The fraction of sp³-hybridized carbons (Fsp3) is 0.692. The lowest BCUT2D eigenvalue weighted by Crippen LogP contribution is -2.41. The molecule has 1 aromatic rings. The maximum Gasteiger partial charge on any atom is 0.516 e. The quantitative estimate of drug-likeness (QED) is 0.774. The maximum atomic E-state index is 7.87. The highest BCUT2D eigenvalue weighted by molar-refractivity contribution is 6.61. The van der Waals surface area contributed by atoms with Crippen LogP contribution in [0, 0.1) is 0 Å². The molecular formula is C13H22BN3O2. The second kappa shape index (κ2) is 4.76. The third kappa shape index (κ3) is 2.60. The van der Waals surface area contributed by atoms with Gasteiger partial charge in [0.1, 0.15) is 5.82 Å². The Kier molecular flexibility index (Phi) is 1.76. The first-order valence-corrected chi connectivity index (χ1v) is 5.88. The van der Waals surface area contributed by atoms with E-state index in [0.29, 0.717) is 0 Å². The first-order valence-electron chi connectivity index (χ1n) is 9.88. The average molecular weight is 271 g/mol. The summed E-state index contributed by atoms with van der Waals surface area (Å²) in [5, 5.41) is 0. The van der Waals surface area contributed by atoms with Gasteiger partial charge in [0.25, 0.3) is 0 Å². The topological polar surface area (TPSA) is 47.5 Å². The van der Waals surface area contributed by atoms with Crippen molar-refractivity contribution in [2.75, 3.05) is 18.4 Å². The highest BCUT2D eigenvalue weighted by atomic mass is 16.7. The zero-order valence-electron chi connectivity index (χ0n) is 19.4. The van der Waals surface area contributed by atoms with Crippen molar-refractivity contribution in [3.05, 3.63) is 12.4 Å². The zero-order valence-corrected chi connectivity index (χ0v) is 11.4. The van der Waals surface area contributed by atoms with Gasteiger partial charge >= 0.3 is 7.12 Å². The van der Waals surface area contributed by atoms with Crippen LogP contribution < -0.4 is 10.5 Å². The van der Waals surface area contributed by atoms with E-state index in [9.17, 15) is 0 Å². The summed E-state index contributed by atoms with van der Waals surface area (Å²) in [6, 6.07) is 0. The van der Waals surface area contributed by atoms with Crippen molar-refractivity contribution in [2.24, 2.45) is 0 Å². The Bertz CT molecular complexity index is 692. The van der Waals surface area contributed by atoms with Crippen LogP contribution in [0.25, 0.3) is 0 Å². The van der Waals surface area contributed by atoms with Crippen molar-refractivity contribution < 1.29 is 20.3 Å². The Hall–Kier alpha value is -1.14. The molecule has 0 atom stereocenters. The molecule has 2 heterocycles. The van der Waals surface area contributed by atoms with E-state index in [0.717, 1.165) is 6.20 Å². The smallest absolute Gasteiger partial charge is 0.398 e. The van der Waals surface area contributed by atoms with Crippen molar-refractivity contribution in [2.45, 2.75) is 45.7 Å². The van der Waals surface area contributed by atoms with E-state index in [1.165, 1.54) is 6.20 Å². The third-order valence-corrected chi connectivity index (χ3v) is 3.48. The number of hydrogen-bond acceptors (Lipinski definition) is 5. The molecule has 0 aliphatic carbocycles. The molecule has 1 aliphatic rings. The van der Waals surface area contributed by atoms with Gasteiger partial charge in [0.2, 0.25) is 0 Å². The molecule has 1 aromatic heterocycles. The van der Waals surface area contributed by atoms with E-state index in [1.807, 2.05) is 27.7 Å². The number of anilines is 1. The zero-order chi connectivity index (χ0) is 21.1. The van der Waals surface area contributed by atoms with Crippen LogP contribution in [0.2, 0.25) is 0 Å². The van der Waals surface area contributed by atoms with Gasteiger partial charge in [-0.2, -0.15) is 0 Å². The van der Waals surface area contributed by atoms with Gasteiger partial charge in [-0.15, -0.1) is 0 Å². The number of nitrogens with zero attached hydrogens (tertiary/aromatic N) is 3. The van der Waals surface area contributed by atoms with E-state index in [2.05, 4.69) is 9.97 Å². The second-order valence-corrected chi connectivity index (χ2v) is 5.34. The van der Waals surface area contributed by atoms with Crippen molar-refractivity contribution in [1.82, 2.24) is 9.97 Å². The summed E-state index contributed by atoms with van der Waals surface area (Å²) in [7, 11) is -0.959. The predicted octanol–water partition coefficient (Wildman–Crippen LogP) is 1.23. The predicted molar refractivity (Wildman–Crippen MR) is 76.7 cm³/mol. The number of rotatable bonds is 3. The first kappa shape index (κ1) is 7.04. The van der Waals surface area contributed by atoms with Gasteiger partial charge in [0, 0.05) is 30.6 Å². The monoisotopic (exact) mass is 271 g/mol. The lowest BCUT2D eigenvalue weighted by atomic mass is 9.85. The minimum atomic E-state index is -3.23. The average Bonchev–Trinajstić information content (AvgIpc) is 2.64. The normalized spacial score (nSPS) is 28.9. The minimum Gasteiger partial charge on any atom is -0.398 e. The van der Waals surface area contributed by atoms with E-state index >= 15 is 0 Å². The molecule has 0 spiro atoms. The molecule has 0 amide bonds. The van der Waals surface area contributed by atoms with Gasteiger partial charge in [0.05, 0.1) is 23.0 Å². The van der Waals surface area contributed by atoms with Crippen molar-refractivity contribution in [1.29, 1.82) is 0 Å².